The van der Waals surface area contributed by atoms with Crippen LogP contribution in [0.5, 0.6) is 0 Å². The molecule has 1 aliphatic heterocycles. The molecular formula is C25H27N3O3. The maximum atomic E-state index is 13.6. The van der Waals surface area contributed by atoms with Crippen molar-refractivity contribution >= 4 is 28.6 Å². The fraction of sp³-hybridized carbons (Fsp3) is 0.320. The number of aryl methyl sites for hydroxylation is 1. The number of amides is 3. The number of hydrogen-bond acceptors (Lipinski definition) is 3. The molecule has 0 saturated carbocycles. The lowest BCUT2D eigenvalue weighted by Gasteiger charge is -2.23. The van der Waals surface area contributed by atoms with Crippen molar-refractivity contribution in [3.05, 3.63) is 60.2 Å². The molecule has 1 fully saturated rings. The third kappa shape index (κ3) is 3.52. The number of carbonyl (C=O) groups is 3. The van der Waals surface area contributed by atoms with E-state index >= 15 is 0 Å². The van der Waals surface area contributed by atoms with Crippen molar-refractivity contribution in [3.8, 4) is 11.3 Å². The van der Waals surface area contributed by atoms with Crippen molar-refractivity contribution in [1.29, 1.82) is 0 Å². The van der Waals surface area contributed by atoms with E-state index in [1.165, 1.54) is 0 Å². The molecule has 2 heterocycles. The Morgan fingerprint density at radius 1 is 1.03 bits per heavy atom. The second-order valence-corrected chi connectivity index (χ2v) is 8.84. The Balaban J connectivity index is 1.75. The highest BCUT2D eigenvalue weighted by Gasteiger charge is 2.48. The van der Waals surface area contributed by atoms with Crippen LogP contribution in [0.2, 0.25) is 0 Å². The van der Waals surface area contributed by atoms with Gasteiger partial charge in [0.1, 0.15) is 5.54 Å². The van der Waals surface area contributed by atoms with Crippen LogP contribution in [0.1, 0.15) is 37.6 Å². The fourth-order valence-electron chi connectivity index (χ4n) is 4.68. The molecule has 3 aromatic rings. The number of rotatable bonds is 6. The van der Waals surface area contributed by atoms with Crippen LogP contribution in [-0.2, 0) is 11.8 Å². The van der Waals surface area contributed by atoms with Crippen LogP contribution in [0.25, 0.3) is 22.2 Å². The van der Waals surface area contributed by atoms with Crippen molar-refractivity contribution in [1.82, 2.24) is 14.8 Å². The van der Waals surface area contributed by atoms with Gasteiger partial charge in [-0.15, -0.1) is 0 Å². The topological polar surface area (TPSA) is 71.4 Å². The summed E-state index contributed by atoms with van der Waals surface area (Å²) in [5.74, 6) is -0.373. The highest BCUT2D eigenvalue weighted by Crippen LogP contribution is 2.34. The number of imide groups is 1. The Morgan fingerprint density at radius 3 is 2.35 bits per heavy atom. The molecule has 31 heavy (non-hydrogen) atoms. The summed E-state index contributed by atoms with van der Waals surface area (Å²) in [6, 6.07) is 16.9. The average Bonchev–Trinajstić information content (AvgIpc) is 3.14. The van der Waals surface area contributed by atoms with Gasteiger partial charge in [-0.3, -0.25) is 14.5 Å². The van der Waals surface area contributed by atoms with Gasteiger partial charge in [0.2, 0.25) is 0 Å². The number of benzene rings is 2. The molecule has 4 rings (SSSR count). The maximum Gasteiger partial charge on any atom is 0.325 e. The van der Waals surface area contributed by atoms with Gasteiger partial charge in [0.05, 0.1) is 17.8 Å². The van der Waals surface area contributed by atoms with E-state index in [-0.39, 0.29) is 24.2 Å². The van der Waals surface area contributed by atoms with E-state index in [1.807, 2.05) is 80.1 Å². The zero-order chi connectivity index (χ0) is 22.3. The second kappa shape index (κ2) is 7.69. The zero-order valence-corrected chi connectivity index (χ0v) is 18.3. The molecular weight excluding hydrogens is 390 g/mol. The number of nitrogens with one attached hydrogen (secondary N) is 1. The number of fused-ring (bicyclic) bond motifs is 1. The van der Waals surface area contributed by atoms with Crippen molar-refractivity contribution in [2.45, 2.75) is 32.7 Å². The largest absolute Gasteiger partial charge is 0.343 e. The molecule has 1 aliphatic rings. The normalized spacial score (nSPS) is 18.8. The Kier molecular flexibility index (Phi) is 5.17. The molecule has 2 aromatic carbocycles. The molecule has 1 N–H and O–H groups in total. The highest BCUT2D eigenvalue weighted by atomic mass is 16.2. The number of para-hydroxylation sites is 1. The first-order valence-corrected chi connectivity index (χ1v) is 10.5. The summed E-state index contributed by atoms with van der Waals surface area (Å²) in [6.45, 7) is 5.44. The molecule has 6 heteroatoms. The lowest BCUT2D eigenvalue weighted by atomic mass is 9.91. The summed E-state index contributed by atoms with van der Waals surface area (Å²) in [4.78, 5) is 40.3. The Labute approximate surface area is 181 Å². The van der Waals surface area contributed by atoms with E-state index in [2.05, 4.69) is 5.32 Å². The Morgan fingerprint density at radius 2 is 1.68 bits per heavy atom. The van der Waals surface area contributed by atoms with Gasteiger partial charge in [0.25, 0.3) is 5.91 Å². The zero-order valence-electron chi connectivity index (χ0n) is 18.3. The van der Waals surface area contributed by atoms with Crippen LogP contribution >= 0.6 is 0 Å². The number of nitrogens with zero attached hydrogens (tertiary/aromatic N) is 2. The summed E-state index contributed by atoms with van der Waals surface area (Å²) in [5, 5.41) is 3.60. The standard InChI is InChI=1S/C25H27N3O3/c1-16(2)14-25(3)23(30)28(24(31)26-25)15-20(29)21-18-12-8-9-13-19(18)27(4)22(21)17-10-6-5-7-11-17/h5-13,16H,14-15H2,1-4H3,(H,26,31)/t25-/m1/s1. The summed E-state index contributed by atoms with van der Waals surface area (Å²) in [6.07, 6.45) is 0.520. The molecule has 0 spiro atoms. The molecule has 0 bridgehead atoms. The van der Waals surface area contributed by atoms with Gasteiger partial charge < -0.3 is 9.88 Å². The Hall–Kier alpha value is -3.41. The van der Waals surface area contributed by atoms with E-state index < -0.39 is 11.6 Å². The quantitative estimate of drug-likeness (QED) is 0.478. The van der Waals surface area contributed by atoms with Crippen molar-refractivity contribution < 1.29 is 14.4 Å². The van der Waals surface area contributed by atoms with Gasteiger partial charge in [-0.1, -0.05) is 62.4 Å². The van der Waals surface area contributed by atoms with Gasteiger partial charge in [0, 0.05) is 18.0 Å². The number of hydrogen-bond donors (Lipinski definition) is 1. The smallest absolute Gasteiger partial charge is 0.325 e. The summed E-state index contributed by atoms with van der Waals surface area (Å²) >= 11 is 0. The maximum absolute atomic E-state index is 13.6. The van der Waals surface area contributed by atoms with Crippen LogP contribution in [0.3, 0.4) is 0 Å². The van der Waals surface area contributed by atoms with Crippen LogP contribution in [-0.4, -0.2) is 39.3 Å². The molecule has 0 aliphatic carbocycles. The van der Waals surface area contributed by atoms with E-state index in [4.69, 9.17) is 0 Å². The third-order valence-electron chi connectivity index (χ3n) is 5.90. The number of carbonyl (C=O) groups excluding carboxylic acids is 3. The Bertz CT molecular complexity index is 1180. The predicted molar refractivity (Wildman–Crippen MR) is 121 cm³/mol. The van der Waals surface area contributed by atoms with Gasteiger partial charge in [-0.05, 0) is 30.9 Å². The van der Waals surface area contributed by atoms with Crippen LogP contribution in [0.15, 0.2) is 54.6 Å². The van der Waals surface area contributed by atoms with Gasteiger partial charge in [0.15, 0.2) is 5.78 Å². The first kappa shape index (κ1) is 20.8. The van der Waals surface area contributed by atoms with E-state index in [9.17, 15) is 14.4 Å². The molecule has 1 aromatic heterocycles. The minimum atomic E-state index is -0.980. The summed E-state index contributed by atoms with van der Waals surface area (Å²) < 4.78 is 1.99. The molecule has 160 valence electrons. The highest BCUT2D eigenvalue weighted by molar-refractivity contribution is 6.17. The fourth-order valence-corrected chi connectivity index (χ4v) is 4.68. The molecule has 3 amide bonds. The van der Waals surface area contributed by atoms with Crippen molar-refractivity contribution in [2.75, 3.05) is 6.54 Å². The van der Waals surface area contributed by atoms with E-state index in [0.29, 0.717) is 12.0 Å². The third-order valence-corrected chi connectivity index (χ3v) is 5.90. The average molecular weight is 418 g/mol. The summed E-state index contributed by atoms with van der Waals surface area (Å²) in [7, 11) is 1.93. The van der Waals surface area contributed by atoms with Crippen molar-refractivity contribution in [2.24, 2.45) is 13.0 Å². The molecule has 0 unspecified atom stereocenters. The SMILES string of the molecule is CC(C)C[C@@]1(C)NC(=O)N(CC(=O)c2c(-c3ccccc3)n(C)c3ccccc23)C1=O. The summed E-state index contributed by atoms with van der Waals surface area (Å²) in [5.41, 5.74) is 2.16. The molecule has 6 nitrogen and oxygen atoms in total. The number of urea groups is 1. The van der Waals surface area contributed by atoms with Crippen molar-refractivity contribution in [3.63, 3.8) is 0 Å². The molecule has 1 atom stereocenters. The minimum Gasteiger partial charge on any atom is -0.343 e. The lowest BCUT2D eigenvalue weighted by Crippen LogP contribution is -2.45. The van der Waals surface area contributed by atoms with Crippen LogP contribution in [0.4, 0.5) is 4.79 Å². The van der Waals surface area contributed by atoms with E-state index in [0.717, 1.165) is 27.1 Å². The van der Waals surface area contributed by atoms with Gasteiger partial charge in [-0.25, -0.2) is 4.79 Å². The number of Topliss-reactive ketones (excluding diaryl/α,β-unsaturated/α-hetero) is 1. The second-order valence-electron chi connectivity index (χ2n) is 8.84. The predicted octanol–water partition coefficient (Wildman–Crippen LogP) is 4.38. The van der Waals surface area contributed by atoms with Gasteiger partial charge in [-0.2, -0.15) is 0 Å². The first-order valence-electron chi connectivity index (χ1n) is 10.5. The first-order chi connectivity index (χ1) is 14.7. The minimum absolute atomic E-state index is 0.229. The number of ketones is 1. The van der Waals surface area contributed by atoms with Crippen LogP contribution in [0, 0.1) is 5.92 Å². The lowest BCUT2D eigenvalue weighted by molar-refractivity contribution is -0.131. The van der Waals surface area contributed by atoms with Crippen LogP contribution < -0.4 is 5.32 Å². The van der Waals surface area contributed by atoms with E-state index in [1.54, 1.807) is 6.92 Å². The van der Waals surface area contributed by atoms with Gasteiger partial charge >= 0.3 is 6.03 Å². The molecule has 0 radical (unpaired) electrons. The monoisotopic (exact) mass is 417 g/mol. The number of aromatic nitrogens is 1. The molecule has 1 saturated heterocycles.